The van der Waals surface area contributed by atoms with Crippen LogP contribution in [0.4, 0.5) is 5.13 Å². The van der Waals surface area contributed by atoms with Gasteiger partial charge >= 0.3 is 11.9 Å². The minimum absolute atomic E-state index is 0.00296. The second-order valence-corrected chi connectivity index (χ2v) is 8.90. The van der Waals surface area contributed by atoms with Gasteiger partial charge in [0, 0.05) is 5.75 Å². The number of hydrogen-bond donors (Lipinski definition) is 4. The number of nitrogens with one attached hydrogen (secondary N) is 1. The van der Waals surface area contributed by atoms with E-state index in [0.717, 1.165) is 28.0 Å². The van der Waals surface area contributed by atoms with Crippen molar-refractivity contribution in [3.05, 3.63) is 20.8 Å². The van der Waals surface area contributed by atoms with Crippen LogP contribution in [0.2, 0.25) is 4.34 Å². The van der Waals surface area contributed by atoms with Crippen LogP contribution in [0.3, 0.4) is 0 Å². The molecule has 30 heavy (non-hydrogen) atoms. The van der Waals surface area contributed by atoms with Crippen molar-refractivity contribution >= 4 is 80.9 Å². The highest BCUT2D eigenvalue weighted by molar-refractivity contribution is 8.00. The number of carbonyl (C=O) groups excluding carboxylic acids is 2. The Bertz CT molecular complexity index is 1010. The third kappa shape index (κ3) is 4.16. The predicted molar refractivity (Wildman–Crippen MR) is 107 cm³/mol. The molecule has 1 aromatic rings. The van der Waals surface area contributed by atoms with Gasteiger partial charge < -0.3 is 26.1 Å². The topological polar surface area (TPSA) is 185 Å². The van der Waals surface area contributed by atoms with E-state index in [-0.39, 0.29) is 31.6 Å². The number of fused-ring (bicyclic) bond motifs is 1. The van der Waals surface area contributed by atoms with E-state index in [4.69, 9.17) is 34.0 Å². The number of hydrogen-bond acceptors (Lipinski definition) is 10. The summed E-state index contributed by atoms with van der Waals surface area (Å²) in [6, 6.07) is -1.08. The third-order valence-corrected chi connectivity index (χ3v) is 6.63. The third-order valence-electron chi connectivity index (χ3n) is 3.80. The number of halogens is 2. The lowest BCUT2D eigenvalue weighted by Crippen LogP contribution is -2.71. The van der Waals surface area contributed by atoms with Crippen LogP contribution >= 0.6 is 46.3 Å². The van der Waals surface area contributed by atoms with Crippen molar-refractivity contribution < 1.29 is 34.2 Å². The minimum Gasteiger partial charge on any atom is -0.479 e. The van der Waals surface area contributed by atoms with Gasteiger partial charge in [-0.15, -0.1) is 11.8 Å². The lowest BCUT2D eigenvalue weighted by Gasteiger charge is -2.48. The second kappa shape index (κ2) is 8.67. The highest BCUT2D eigenvalue weighted by Crippen LogP contribution is 2.41. The van der Waals surface area contributed by atoms with E-state index in [2.05, 4.69) is 20.3 Å². The fourth-order valence-corrected chi connectivity index (χ4v) is 5.08. The van der Waals surface area contributed by atoms with E-state index in [1.165, 1.54) is 0 Å². The maximum Gasteiger partial charge on any atom is 0.353 e. The number of carboxylic acids is 2. The Balaban J connectivity index is 1.82. The van der Waals surface area contributed by atoms with E-state index in [1.54, 1.807) is 0 Å². The van der Waals surface area contributed by atoms with Gasteiger partial charge in [-0.2, -0.15) is 0 Å². The summed E-state index contributed by atoms with van der Waals surface area (Å²) in [7, 11) is 0. The molecule has 0 radical (unpaired) electrons. The molecule has 2 amide bonds. The van der Waals surface area contributed by atoms with Crippen molar-refractivity contribution in [3.8, 4) is 0 Å². The van der Waals surface area contributed by atoms with Crippen LogP contribution in [0.25, 0.3) is 0 Å². The molecule has 3 rings (SSSR count). The van der Waals surface area contributed by atoms with Crippen LogP contribution in [0.15, 0.2) is 15.9 Å². The molecule has 1 fully saturated rings. The number of aliphatic carboxylic acids is 2. The minimum atomic E-state index is -1.36. The maximum atomic E-state index is 12.7. The SMILES string of the molecule is Nc1nc(C(=NOCC(=O)O)C(=O)NC2C(=O)N3C(C(=O)O)=C(Cl)CS[C@H]23)c(Cl)s1. The highest BCUT2D eigenvalue weighted by atomic mass is 35.5. The summed E-state index contributed by atoms with van der Waals surface area (Å²) in [6.45, 7) is -0.839. The monoisotopic (exact) mass is 495 g/mol. The largest absolute Gasteiger partial charge is 0.479 e. The number of aromatic nitrogens is 1. The molecule has 1 saturated heterocycles. The number of amides is 2. The first-order valence-corrected chi connectivity index (χ1v) is 10.4. The number of nitrogens with zero attached hydrogens (tertiary/aromatic N) is 3. The van der Waals surface area contributed by atoms with Crippen LogP contribution < -0.4 is 11.1 Å². The molecule has 5 N–H and O–H groups in total. The van der Waals surface area contributed by atoms with E-state index < -0.39 is 47.5 Å². The molecule has 12 nitrogen and oxygen atoms in total. The molecule has 3 heterocycles. The zero-order chi connectivity index (χ0) is 22.2. The molecule has 2 atom stereocenters. The van der Waals surface area contributed by atoms with Crippen molar-refractivity contribution in [2.24, 2.45) is 5.16 Å². The Morgan fingerprint density at radius 2 is 2.07 bits per heavy atom. The molecule has 16 heteroatoms. The molecule has 0 aliphatic carbocycles. The first kappa shape index (κ1) is 22.1. The first-order chi connectivity index (χ1) is 14.1. The number of thiazole rings is 1. The second-order valence-electron chi connectivity index (χ2n) is 5.70. The van der Waals surface area contributed by atoms with Crippen LogP contribution in [0.1, 0.15) is 5.69 Å². The summed E-state index contributed by atoms with van der Waals surface area (Å²) in [4.78, 5) is 56.7. The zero-order valence-electron chi connectivity index (χ0n) is 14.5. The standard InChI is InChI=1S/C14H11Cl2N5O7S2/c15-3-2-29-12-7(11(25)21(12)8(3)13(26)27)18-10(24)6(20-28-1-4(22)23)5-9(16)30-14(17)19-5/h7,12H,1-2H2,(H2,17,19)(H,18,24)(H,22,23)(H,26,27)/t7?,12-/m1/s1. The number of carboxylic acid groups (broad SMARTS) is 2. The van der Waals surface area contributed by atoms with Crippen molar-refractivity contribution in [3.63, 3.8) is 0 Å². The molecule has 1 aromatic heterocycles. The number of anilines is 1. The summed E-state index contributed by atoms with van der Waals surface area (Å²) < 4.78 is -0.00296. The van der Waals surface area contributed by atoms with Crippen LogP contribution in [-0.4, -0.2) is 73.3 Å². The molecule has 160 valence electrons. The number of carbonyl (C=O) groups is 4. The zero-order valence-corrected chi connectivity index (χ0v) is 17.6. The average molecular weight is 496 g/mol. The maximum absolute atomic E-state index is 12.7. The number of nitrogen functional groups attached to an aromatic ring is 1. The predicted octanol–water partition coefficient (Wildman–Crippen LogP) is 0.119. The normalized spacial score (nSPS) is 21.1. The number of oxime groups is 1. The molecular formula is C14H11Cl2N5O7S2. The highest BCUT2D eigenvalue weighted by Gasteiger charge is 2.54. The van der Waals surface area contributed by atoms with Gasteiger partial charge in [-0.3, -0.25) is 14.5 Å². The van der Waals surface area contributed by atoms with Crippen molar-refractivity contribution in [1.29, 1.82) is 0 Å². The van der Waals surface area contributed by atoms with Crippen LogP contribution in [-0.2, 0) is 24.0 Å². The van der Waals surface area contributed by atoms with Gasteiger partial charge in [-0.05, 0) is 0 Å². The number of rotatable bonds is 7. The lowest BCUT2D eigenvalue weighted by molar-refractivity contribution is -0.150. The summed E-state index contributed by atoms with van der Waals surface area (Å²) in [5.74, 6) is -4.19. The summed E-state index contributed by atoms with van der Waals surface area (Å²) in [5, 5.41) is 23.2. The van der Waals surface area contributed by atoms with Gasteiger partial charge in [0.25, 0.3) is 11.8 Å². The van der Waals surface area contributed by atoms with Gasteiger partial charge in [0.05, 0.1) is 5.03 Å². The van der Waals surface area contributed by atoms with E-state index >= 15 is 0 Å². The average Bonchev–Trinajstić information content (AvgIpc) is 3.00. The van der Waals surface area contributed by atoms with Gasteiger partial charge in [0.15, 0.2) is 10.8 Å². The van der Waals surface area contributed by atoms with Crippen molar-refractivity contribution in [1.82, 2.24) is 15.2 Å². The Kier molecular flexibility index (Phi) is 6.40. The van der Waals surface area contributed by atoms with Crippen molar-refractivity contribution in [2.75, 3.05) is 18.1 Å². The fraction of sp³-hybridized carbons (Fsp3) is 0.286. The fourth-order valence-electron chi connectivity index (χ4n) is 2.60. The molecule has 2 aliphatic rings. The van der Waals surface area contributed by atoms with E-state index in [0.29, 0.717) is 0 Å². The number of nitrogens with two attached hydrogens (primary N) is 1. The molecule has 2 aliphatic heterocycles. The van der Waals surface area contributed by atoms with Gasteiger partial charge in [0.1, 0.15) is 27.1 Å². The van der Waals surface area contributed by atoms with Crippen LogP contribution in [0, 0.1) is 0 Å². The molecule has 0 bridgehead atoms. The Labute approximate surface area is 185 Å². The molecule has 1 unspecified atom stereocenters. The van der Waals surface area contributed by atoms with Gasteiger partial charge in [-0.25, -0.2) is 14.6 Å². The Morgan fingerprint density at radius 3 is 2.63 bits per heavy atom. The van der Waals surface area contributed by atoms with E-state index in [1.807, 2.05) is 0 Å². The summed E-state index contributed by atoms with van der Waals surface area (Å²) >= 11 is 13.9. The van der Waals surface area contributed by atoms with Crippen molar-refractivity contribution in [2.45, 2.75) is 11.4 Å². The summed E-state index contributed by atoms with van der Waals surface area (Å²) in [6.07, 6.45) is 0. The molecule has 0 spiro atoms. The lowest BCUT2D eigenvalue weighted by atomic mass is 10.0. The smallest absolute Gasteiger partial charge is 0.353 e. The molecular weight excluding hydrogens is 485 g/mol. The van der Waals surface area contributed by atoms with Gasteiger partial charge in [0.2, 0.25) is 6.61 Å². The Morgan fingerprint density at radius 1 is 1.37 bits per heavy atom. The quantitative estimate of drug-likeness (QED) is 0.230. The number of β-lactam (4-membered cyclic amide) rings is 1. The Hall–Kier alpha value is -2.55. The van der Waals surface area contributed by atoms with E-state index in [9.17, 15) is 24.3 Å². The van der Waals surface area contributed by atoms with Crippen LogP contribution in [0.5, 0.6) is 0 Å². The van der Waals surface area contributed by atoms with Gasteiger partial charge in [-0.1, -0.05) is 39.7 Å². The first-order valence-electron chi connectivity index (χ1n) is 7.83. The molecule has 0 aromatic carbocycles. The number of thioether (sulfide) groups is 1. The molecule has 0 saturated carbocycles. The summed E-state index contributed by atoms with van der Waals surface area (Å²) in [5.41, 5.74) is 4.57.